The van der Waals surface area contributed by atoms with Gasteiger partial charge in [0.05, 0.1) is 16.3 Å². The molecular formula is C24H20Cl2N4O4. The van der Waals surface area contributed by atoms with Crippen LogP contribution in [0.5, 0.6) is 0 Å². The highest BCUT2D eigenvalue weighted by Gasteiger charge is 2.28. The number of nitrogens with zero attached hydrogens (tertiary/aromatic N) is 1. The lowest BCUT2D eigenvalue weighted by Crippen LogP contribution is -2.41. The number of halogens is 2. The fourth-order valence-electron chi connectivity index (χ4n) is 3.66. The summed E-state index contributed by atoms with van der Waals surface area (Å²) >= 11 is 11.9. The summed E-state index contributed by atoms with van der Waals surface area (Å²) in [6, 6.07) is 12.9. The number of carbonyl (C=O) groups is 3. The Morgan fingerprint density at radius 2 is 1.62 bits per heavy atom. The number of hydrogen-bond donors (Lipinski definition) is 3. The van der Waals surface area contributed by atoms with Crippen LogP contribution in [0.3, 0.4) is 0 Å². The molecule has 0 saturated carbocycles. The number of benzene rings is 2. The van der Waals surface area contributed by atoms with Crippen LogP contribution < -0.4 is 16.3 Å². The van der Waals surface area contributed by atoms with Crippen molar-refractivity contribution in [2.45, 2.75) is 26.2 Å². The SMILES string of the molecule is Cc1c(C(=O)NNC(=O)c2ccc(Cl)cc2)oc2c1/C(=N/NC(=O)c1ccccc1Cl)CCC2. The Labute approximate surface area is 205 Å². The van der Waals surface area contributed by atoms with Crippen molar-refractivity contribution in [2.75, 3.05) is 0 Å². The van der Waals surface area contributed by atoms with Gasteiger partial charge in [0.2, 0.25) is 0 Å². The third kappa shape index (κ3) is 4.98. The number of aryl methyl sites for hydroxylation is 1. The number of carbonyl (C=O) groups excluding carboxylic acids is 3. The number of hydrogen-bond acceptors (Lipinski definition) is 5. The lowest BCUT2D eigenvalue weighted by molar-refractivity contribution is 0.0829. The summed E-state index contributed by atoms with van der Waals surface area (Å²) in [6.07, 6.45) is 1.97. The average molecular weight is 499 g/mol. The Morgan fingerprint density at radius 3 is 2.35 bits per heavy atom. The van der Waals surface area contributed by atoms with Crippen molar-refractivity contribution < 1.29 is 18.8 Å². The molecule has 0 aliphatic heterocycles. The quantitative estimate of drug-likeness (QED) is 0.461. The lowest BCUT2D eigenvalue weighted by Gasteiger charge is -2.13. The topological polar surface area (TPSA) is 113 Å². The average Bonchev–Trinajstić information content (AvgIpc) is 3.18. The molecule has 2 aromatic carbocycles. The van der Waals surface area contributed by atoms with Crippen LogP contribution in [0.2, 0.25) is 10.0 Å². The molecule has 34 heavy (non-hydrogen) atoms. The minimum Gasteiger partial charge on any atom is -0.455 e. The molecule has 0 fully saturated rings. The smallest absolute Gasteiger partial charge is 0.305 e. The number of hydrazine groups is 1. The summed E-state index contributed by atoms with van der Waals surface area (Å²) in [6.45, 7) is 1.73. The highest BCUT2D eigenvalue weighted by Crippen LogP contribution is 2.30. The monoisotopic (exact) mass is 498 g/mol. The Hall–Kier alpha value is -3.62. The van der Waals surface area contributed by atoms with Crippen LogP contribution in [0, 0.1) is 6.92 Å². The third-order valence-corrected chi connectivity index (χ3v) is 5.92. The number of fused-ring (bicyclic) bond motifs is 1. The van der Waals surface area contributed by atoms with Gasteiger partial charge in [-0.15, -0.1) is 0 Å². The Morgan fingerprint density at radius 1 is 0.912 bits per heavy atom. The van der Waals surface area contributed by atoms with E-state index in [1.54, 1.807) is 55.5 Å². The van der Waals surface area contributed by atoms with Crippen molar-refractivity contribution in [3.05, 3.63) is 92.4 Å². The minimum atomic E-state index is -0.603. The molecule has 174 valence electrons. The first-order valence-electron chi connectivity index (χ1n) is 10.5. The zero-order valence-corrected chi connectivity index (χ0v) is 19.6. The molecule has 3 amide bonds. The van der Waals surface area contributed by atoms with Crippen molar-refractivity contribution in [1.29, 1.82) is 0 Å². The predicted molar refractivity (Wildman–Crippen MR) is 128 cm³/mol. The number of furan rings is 1. The standard InChI is InChI=1S/C24H20Cl2N4O4/c1-13-20-18(27-29-23(32)16-5-2-3-6-17(16)26)7-4-8-19(20)34-21(13)24(33)30-28-22(31)14-9-11-15(25)12-10-14/h2-3,5-6,9-12H,4,7-8H2,1H3,(H,28,31)(H,29,32)(H,30,33)/b27-18+. The van der Waals surface area contributed by atoms with Gasteiger partial charge in [0.15, 0.2) is 5.76 Å². The van der Waals surface area contributed by atoms with Crippen molar-refractivity contribution >= 4 is 46.6 Å². The Bertz CT molecular complexity index is 1300. The van der Waals surface area contributed by atoms with Gasteiger partial charge in [0.1, 0.15) is 5.76 Å². The zero-order chi connectivity index (χ0) is 24.2. The molecule has 0 bridgehead atoms. The lowest BCUT2D eigenvalue weighted by atomic mass is 9.93. The summed E-state index contributed by atoms with van der Waals surface area (Å²) in [7, 11) is 0. The molecular weight excluding hydrogens is 479 g/mol. The van der Waals surface area contributed by atoms with Crippen molar-refractivity contribution in [2.24, 2.45) is 5.10 Å². The van der Waals surface area contributed by atoms with Gasteiger partial charge in [-0.2, -0.15) is 5.10 Å². The molecule has 8 nitrogen and oxygen atoms in total. The van der Waals surface area contributed by atoms with E-state index in [2.05, 4.69) is 21.4 Å². The second kappa shape index (κ2) is 10.1. The highest BCUT2D eigenvalue weighted by molar-refractivity contribution is 6.33. The molecule has 1 heterocycles. The zero-order valence-electron chi connectivity index (χ0n) is 18.1. The normalized spacial score (nSPS) is 13.8. The van der Waals surface area contributed by atoms with Gasteiger partial charge >= 0.3 is 5.91 Å². The van der Waals surface area contributed by atoms with Crippen molar-refractivity contribution in [3.8, 4) is 0 Å². The van der Waals surface area contributed by atoms with Gasteiger partial charge in [0, 0.05) is 28.1 Å². The molecule has 4 rings (SSSR count). The van der Waals surface area contributed by atoms with Gasteiger partial charge in [-0.1, -0.05) is 35.3 Å². The fraction of sp³-hybridized carbons (Fsp3) is 0.167. The van der Waals surface area contributed by atoms with Crippen LogP contribution in [0.4, 0.5) is 0 Å². The summed E-state index contributed by atoms with van der Waals surface area (Å²) in [4.78, 5) is 37.4. The maximum atomic E-state index is 12.7. The van der Waals surface area contributed by atoms with Gasteiger partial charge in [-0.3, -0.25) is 25.2 Å². The van der Waals surface area contributed by atoms with Gasteiger partial charge < -0.3 is 4.42 Å². The molecule has 0 radical (unpaired) electrons. The largest absolute Gasteiger partial charge is 0.455 e. The molecule has 1 aliphatic rings. The molecule has 3 N–H and O–H groups in total. The molecule has 1 aliphatic carbocycles. The van der Waals surface area contributed by atoms with Crippen LogP contribution >= 0.6 is 23.2 Å². The van der Waals surface area contributed by atoms with Crippen molar-refractivity contribution in [3.63, 3.8) is 0 Å². The van der Waals surface area contributed by atoms with Crippen LogP contribution in [0.15, 0.2) is 58.0 Å². The van der Waals surface area contributed by atoms with E-state index in [-0.39, 0.29) is 5.76 Å². The molecule has 1 aromatic heterocycles. The molecule has 0 spiro atoms. The molecule has 10 heteroatoms. The van der Waals surface area contributed by atoms with Gasteiger partial charge in [-0.25, -0.2) is 5.43 Å². The van der Waals surface area contributed by atoms with E-state index in [1.165, 1.54) is 0 Å². The first-order valence-corrected chi connectivity index (χ1v) is 11.2. The number of hydrazone groups is 1. The van der Waals surface area contributed by atoms with Crippen LogP contribution in [-0.2, 0) is 6.42 Å². The van der Waals surface area contributed by atoms with Crippen LogP contribution in [0.25, 0.3) is 0 Å². The van der Waals surface area contributed by atoms with Gasteiger partial charge in [-0.05, 0) is 56.2 Å². The van der Waals surface area contributed by atoms with E-state index in [4.69, 9.17) is 27.6 Å². The highest BCUT2D eigenvalue weighted by atomic mass is 35.5. The molecule has 0 atom stereocenters. The van der Waals surface area contributed by atoms with E-state index in [1.807, 2.05) is 0 Å². The van der Waals surface area contributed by atoms with Crippen LogP contribution in [-0.4, -0.2) is 23.4 Å². The number of rotatable bonds is 4. The maximum Gasteiger partial charge on any atom is 0.305 e. The van der Waals surface area contributed by atoms with E-state index in [0.29, 0.717) is 56.6 Å². The maximum absolute atomic E-state index is 12.7. The Balaban J connectivity index is 1.48. The van der Waals surface area contributed by atoms with E-state index < -0.39 is 17.7 Å². The second-order valence-corrected chi connectivity index (χ2v) is 8.45. The first kappa shape index (κ1) is 23.5. The van der Waals surface area contributed by atoms with Crippen molar-refractivity contribution in [1.82, 2.24) is 16.3 Å². The predicted octanol–water partition coefficient (Wildman–Crippen LogP) is 4.44. The van der Waals surface area contributed by atoms with Gasteiger partial charge in [0.25, 0.3) is 11.8 Å². The third-order valence-electron chi connectivity index (χ3n) is 5.34. The summed E-state index contributed by atoms with van der Waals surface area (Å²) in [5.74, 6) is -0.872. The van der Waals surface area contributed by atoms with E-state index in [0.717, 1.165) is 6.42 Å². The summed E-state index contributed by atoms with van der Waals surface area (Å²) < 4.78 is 5.80. The summed E-state index contributed by atoms with van der Waals surface area (Å²) in [5.41, 5.74) is 9.76. The summed E-state index contributed by atoms with van der Waals surface area (Å²) in [5, 5.41) is 5.10. The number of amides is 3. The van der Waals surface area contributed by atoms with E-state index >= 15 is 0 Å². The minimum absolute atomic E-state index is 0.0634. The Kier molecular flexibility index (Phi) is 7.00. The second-order valence-electron chi connectivity index (χ2n) is 7.60. The number of nitrogens with one attached hydrogen (secondary N) is 3. The molecule has 0 unspecified atom stereocenters. The molecule has 0 saturated heterocycles. The van der Waals surface area contributed by atoms with Crippen LogP contribution in [0.1, 0.15) is 61.0 Å². The molecule has 3 aromatic rings. The first-order chi connectivity index (χ1) is 16.3. The van der Waals surface area contributed by atoms with E-state index in [9.17, 15) is 14.4 Å². The fourth-order valence-corrected chi connectivity index (χ4v) is 4.01.